The number of nitrogens with zero attached hydrogens (tertiary/aromatic N) is 2. The first-order valence-electron chi connectivity index (χ1n) is 46.6. The predicted molar refractivity (Wildman–Crippen MR) is 569 cm³/mol. The van der Waals surface area contributed by atoms with Crippen LogP contribution in [0.4, 0.5) is 34.1 Å². The molecule has 652 valence electrons. The van der Waals surface area contributed by atoms with Crippen molar-refractivity contribution < 1.29 is 23.7 Å². The van der Waals surface area contributed by atoms with Crippen molar-refractivity contribution in [3.8, 4) is 124 Å². The quantitative estimate of drug-likeness (QED) is 0.112. The number of hydrogen-bond donors (Lipinski definition) is 0. The molecule has 18 aromatic rings. The molecule has 0 saturated carbocycles. The molecule has 24 rings (SSSR count). The molecule has 134 heavy (non-hydrogen) atoms. The fourth-order valence-electron chi connectivity index (χ4n) is 21.8. The predicted octanol–water partition coefficient (Wildman–Crippen LogP) is 29.3. The van der Waals surface area contributed by atoms with Crippen molar-refractivity contribution >= 4 is 120 Å². The van der Waals surface area contributed by atoms with Crippen LogP contribution in [0, 0.1) is 0 Å². The highest BCUT2D eigenvalue weighted by molar-refractivity contribution is 8.00. The van der Waals surface area contributed by atoms with Gasteiger partial charge in [-0.3, -0.25) is 0 Å². The Bertz CT molecular complexity index is 6560. The van der Waals surface area contributed by atoms with E-state index in [1.54, 1.807) is 0 Å². The normalized spacial score (nSPS) is 15.2. The van der Waals surface area contributed by atoms with Crippen molar-refractivity contribution in [3.63, 3.8) is 0 Å². The molecule has 6 aliphatic rings. The summed E-state index contributed by atoms with van der Waals surface area (Å²) in [6.45, 7) is 28.7. The summed E-state index contributed by atoms with van der Waals surface area (Å²) in [6, 6.07) is 146. The molecule has 0 radical (unpaired) electrons. The minimum Gasteiger partial charge on any atom is -0.457 e. The van der Waals surface area contributed by atoms with Gasteiger partial charge in [-0.25, -0.2) is 0 Å². The van der Waals surface area contributed by atoms with Crippen LogP contribution in [0.15, 0.2) is 410 Å². The van der Waals surface area contributed by atoms with E-state index in [0.717, 1.165) is 147 Å². The third kappa shape index (κ3) is 13.9. The molecule has 0 atom stereocenters. The van der Waals surface area contributed by atoms with E-state index in [4.69, 9.17) is 23.7 Å². The Balaban J connectivity index is 0.000000151. The lowest BCUT2D eigenvalue weighted by Crippen LogP contribution is -2.56. The highest BCUT2D eigenvalue weighted by Gasteiger charge is 2.44. The molecular weight excluding hydrogens is 1720 g/mol. The highest BCUT2D eigenvalue weighted by Crippen LogP contribution is 2.55. The Morgan fingerprint density at radius 3 is 0.746 bits per heavy atom. The van der Waals surface area contributed by atoms with E-state index in [2.05, 4.69) is 490 Å². The number of para-hydroxylation sites is 10. The van der Waals surface area contributed by atoms with Gasteiger partial charge in [-0.2, -0.15) is 0 Å². The second-order valence-corrected chi connectivity index (χ2v) is 57.7. The van der Waals surface area contributed by atoms with Gasteiger partial charge in [0.15, 0.2) is 0 Å². The van der Waals surface area contributed by atoms with Crippen LogP contribution in [0.1, 0.15) is 49.9 Å². The molecule has 0 fully saturated rings. The summed E-state index contributed by atoms with van der Waals surface area (Å²) in [6.07, 6.45) is 0. The molecule has 0 bridgehead atoms. The van der Waals surface area contributed by atoms with Crippen molar-refractivity contribution in [2.45, 2.75) is 101 Å². The van der Waals surface area contributed by atoms with Crippen LogP contribution in [-0.4, -0.2) is 32.3 Å². The summed E-state index contributed by atoms with van der Waals surface area (Å²) in [7, 11) is -7.81. The van der Waals surface area contributed by atoms with Gasteiger partial charge in [0.1, 0.15) is 89.8 Å². The van der Waals surface area contributed by atoms with Crippen molar-refractivity contribution in [3.05, 3.63) is 423 Å². The van der Waals surface area contributed by atoms with E-state index >= 15 is 0 Å². The number of fused-ring (bicyclic) bond motifs is 12. The number of rotatable bonds is 12. The number of benzene rings is 18. The van der Waals surface area contributed by atoms with Crippen LogP contribution < -0.4 is 75.0 Å². The average molecular weight is 1820 g/mol. The Morgan fingerprint density at radius 2 is 0.418 bits per heavy atom. The SMILES string of the molecule is CC1(C)c2ccccc2Oc2c(-c3ccc(N(c4ccc(-c5cccc6c5Oc5ccccc5[Si]6(C)C)cc4)c4ccc(-c5cccc6c5Oc5ccccc5[Si]6(C)C)cc4)cc3)cccc21.CC1(C)c2ccccc2Oc2c(-c3ccc(N(c4ccc(-c5cccc6c5Oc5ccccc5[Si]6(C)C)cc4)c4ccc(-c5cccc6c5Sc5ccccc5[Si]6(C)C)cc4)cc3)cccc21. The standard InChI is InChI=1S/C61H51NO3Si2.C61H51NO2SSi2/c2*1-61(2)49-19-7-8-21-51(49)63-58-46(16-13-20-50(58)61)40-28-34-43(35-29-40)62(44-36-30-41(31-37-44)47-17-14-26-56-59(47)64-52-22-9-11-24-54(52)66(56,3)4)45-38-32-42(33-39-45)48-18-15-27-57-60(48)65-53-23-10-12-25-55(53)67(57,5)6/h2*7-39H,1-6H3. The highest BCUT2D eigenvalue weighted by atomic mass is 32.2. The molecule has 0 aliphatic carbocycles. The van der Waals surface area contributed by atoms with Crippen LogP contribution in [0.2, 0.25) is 52.4 Å². The van der Waals surface area contributed by atoms with Gasteiger partial charge in [0.05, 0.1) is 0 Å². The molecule has 0 amide bonds. The zero-order valence-electron chi connectivity index (χ0n) is 77.4. The Morgan fingerprint density at radius 1 is 0.194 bits per heavy atom. The molecular formula is C122H102N2O5SSi4. The first-order chi connectivity index (χ1) is 65.0. The largest absolute Gasteiger partial charge is 0.457 e. The second-order valence-electron chi connectivity index (χ2n) is 39.4. The van der Waals surface area contributed by atoms with Crippen LogP contribution >= 0.6 is 11.8 Å². The molecule has 7 nitrogen and oxygen atoms in total. The number of anilines is 6. The summed E-state index contributed by atoms with van der Waals surface area (Å²) < 4.78 is 33.7. The van der Waals surface area contributed by atoms with E-state index in [0.29, 0.717) is 0 Å². The Hall–Kier alpha value is -14.2. The van der Waals surface area contributed by atoms with Gasteiger partial charge in [0.25, 0.3) is 0 Å². The van der Waals surface area contributed by atoms with Crippen LogP contribution in [-0.2, 0) is 10.8 Å². The Labute approximate surface area is 794 Å². The van der Waals surface area contributed by atoms with Gasteiger partial charge >= 0.3 is 0 Å². The summed E-state index contributed by atoms with van der Waals surface area (Å²) in [4.78, 5) is 7.51. The fourth-order valence-corrected chi connectivity index (χ4v) is 35.8. The van der Waals surface area contributed by atoms with E-state index in [1.165, 1.54) is 84.7 Å². The maximum Gasteiger partial charge on any atom is 0.139 e. The van der Waals surface area contributed by atoms with E-state index < -0.39 is 32.3 Å². The van der Waals surface area contributed by atoms with Gasteiger partial charge in [-0.15, -0.1) is 0 Å². The monoisotopic (exact) mass is 1820 g/mol. The lowest BCUT2D eigenvalue weighted by molar-refractivity contribution is 0.419. The van der Waals surface area contributed by atoms with E-state index in [-0.39, 0.29) is 10.8 Å². The number of ether oxygens (including phenoxy) is 5. The van der Waals surface area contributed by atoms with Crippen molar-refractivity contribution in [1.82, 2.24) is 0 Å². The van der Waals surface area contributed by atoms with Gasteiger partial charge in [-0.05, 0) is 190 Å². The van der Waals surface area contributed by atoms with Gasteiger partial charge in [0.2, 0.25) is 0 Å². The smallest absolute Gasteiger partial charge is 0.139 e. The average Bonchev–Trinajstić information content (AvgIpc) is 0.764. The van der Waals surface area contributed by atoms with Crippen LogP contribution in [0.3, 0.4) is 0 Å². The third-order valence-electron chi connectivity index (χ3n) is 29.4. The van der Waals surface area contributed by atoms with Crippen LogP contribution in [0.5, 0.6) is 57.5 Å². The fraction of sp³-hybridized carbons (Fsp3) is 0.115. The Kier molecular flexibility index (Phi) is 20.3. The maximum absolute atomic E-state index is 6.75. The minimum absolute atomic E-state index is 0.191. The zero-order valence-corrected chi connectivity index (χ0v) is 82.3. The summed E-state index contributed by atoms with van der Waals surface area (Å²) in [5.74, 6) is 9.57. The van der Waals surface area contributed by atoms with E-state index in [9.17, 15) is 0 Å². The first-order valence-corrected chi connectivity index (χ1v) is 59.5. The summed E-state index contributed by atoms with van der Waals surface area (Å²) in [5.41, 5.74) is 24.4. The molecule has 12 heteroatoms. The van der Waals surface area contributed by atoms with Crippen molar-refractivity contribution in [2.75, 3.05) is 9.80 Å². The molecule has 0 N–H and O–H groups in total. The van der Waals surface area contributed by atoms with Gasteiger partial charge in [-0.1, -0.05) is 383 Å². The molecule has 0 saturated heterocycles. The third-order valence-corrected chi connectivity index (χ3v) is 45.0. The number of hydrogen-bond acceptors (Lipinski definition) is 8. The van der Waals surface area contributed by atoms with Crippen LogP contribution in [0.25, 0.3) is 66.8 Å². The molecule has 0 spiro atoms. The lowest BCUT2D eigenvalue weighted by Gasteiger charge is -2.35. The first kappa shape index (κ1) is 84.1. The topological polar surface area (TPSA) is 52.6 Å². The minimum atomic E-state index is -1.98. The second kappa shape index (κ2) is 32.3. The maximum atomic E-state index is 6.75. The zero-order chi connectivity index (χ0) is 91.3. The summed E-state index contributed by atoms with van der Waals surface area (Å²) in [5, 5.41) is 11.0. The molecule has 18 aromatic carbocycles. The molecule has 0 aromatic heterocycles. The molecule has 0 unspecified atom stereocenters. The van der Waals surface area contributed by atoms with Crippen molar-refractivity contribution in [2.24, 2.45) is 0 Å². The van der Waals surface area contributed by atoms with Crippen molar-refractivity contribution in [1.29, 1.82) is 0 Å². The lowest BCUT2D eigenvalue weighted by atomic mass is 9.75. The molecule has 6 aliphatic heterocycles. The van der Waals surface area contributed by atoms with E-state index in [1.807, 2.05) is 11.8 Å². The molecule has 6 heterocycles. The van der Waals surface area contributed by atoms with Gasteiger partial charge in [0, 0.05) is 105 Å². The van der Waals surface area contributed by atoms with Gasteiger partial charge < -0.3 is 33.5 Å². The summed E-state index contributed by atoms with van der Waals surface area (Å²) >= 11 is 1.93.